The van der Waals surface area contributed by atoms with Crippen LogP contribution in [0.2, 0.25) is 0 Å². The number of nitrogens with one attached hydrogen (secondary N) is 1. The van der Waals surface area contributed by atoms with Crippen molar-refractivity contribution in [2.45, 2.75) is 19.3 Å². The molecule has 4 rings (SSSR count). The Balaban J connectivity index is 1.51. The Kier molecular flexibility index (Phi) is 7.23. The minimum Gasteiger partial charge on any atom is -0.399 e. The zero-order chi connectivity index (χ0) is 22.9. The average molecular weight is 435 g/mol. The first-order valence-electron chi connectivity index (χ1n) is 11.0. The predicted octanol–water partition coefficient (Wildman–Crippen LogP) is 5.86. The highest BCUT2D eigenvalue weighted by molar-refractivity contribution is 5.92. The van der Waals surface area contributed by atoms with Gasteiger partial charge < -0.3 is 11.1 Å². The van der Waals surface area contributed by atoms with Crippen molar-refractivity contribution >= 4 is 29.6 Å². The van der Waals surface area contributed by atoms with Crippen LogP contribution in [0.3, 0.4) is 0 Å². The summed E-state index contributed by atoms with van der Waals surface area (Å²) in [5.74, 6) is 0.376. The van der Waals surface area contributed by atoms with Crippen molar-refractivity contribution in [1.29, 1.82) is 0 Å². The monoisotopic (exact) mass is 434 g/mol. The van der Waals surface area contributed by atoms with E-state index in [-0.39, 0.29) is 5.91 Å². The van der Waals surface area contributed by atoms with Crippen molar-refractivity contribution in [3.63, 3.8) is 0 Å². The minimum atomic E-state index is -0.0742. The maximum atomic E-state index is 12.6. The first-order chi connectivity index (χ1) is 16.2. The van der Waals surface area contributed by atoms with E-state index in [2.05, 4.69) is 22.4 Å². The fourth-order valence-electron chi connectivity index (χ4n) is 3.44. The molecule has 1 amide bonds. The van der Waals surface area contributed by atoms with Gasteiger partial charge in [0.1, 0.15) is 5.69 Å². The molecule has 3 aromatic carbocycles. The first kappa shape index (κ1) is 22.0. The zero-order valence-corrected chi connectivity index (χ0v) is 18.3. The molecule has 4 aromatic rings. The number of amides is 1. The lowest BCUT2D eigenvalue weighted by molar-refractivity contribution is -0.116. The van der Waals surface area contributed by atoms with Crippen LogP contribution in [-0.4, -0.2) is 15.9 Å². The minimum absolute atomic E-state index is 0.0742. The summed E-state index contributed by atoms with van der Waals surface area (Å²) in [5.41, 5.74) is 11.0. The summed E-state index contributed by atoms with van der Waals surface area (Å²) in [4.78, 5) is 21.9. The second kappa shape index (κ2) is 10.9. The van der Waals surface area contributed by atoms with E-state index in [1.807, 2.05) is 84.9 Å². The molecule has 0 fully saturated rings. The third kappa shape index (κ3) is 6.37. The second-order valence-corrected chi connectivity index (χ2v) is 7.74. The van der Waals surface area contributed by atoms with Crippen LogP contribution in [0.15, 0.2) is 91.1 Å². The number of aryl methyl sites for hydroxylation is 1. The highest BCUT2D eigenvalue weighted by atomic mass is 16.1. The predicted molar refractivity (Wildman–Crippen MR) is 135 cm³/mol. The van der Waals surface area contributed by atoms with Crippen LogP contribution in [0.4, 0.5) is 11.5 Å². The standard InChI is InChI=1S/C28H26N4O/c29-24-17-15-23(16-18-24)26-20-30-28(25(31-26)19-14-22-10-5-2-6-11-22)32-27(33)13-7-12-21-8-3-1-4-9-21/h1-6,8-11,14-20H,7,12-13,29H2,(H,30,32,33). The molecule has 0 aliphatic heterocycles. The highest BCUT2D eigenvalue weighted by Gasteiger charge is 2.11. The molecule has 5 nitrogen and oxygen atoms in total. The Labute approximate surface area is 194 Å². The van der Waals surface area contributed by atoms with E-state index in [1.54, 1.807) is 6.20 Å². The molecule has 164 valence electrons. The molecule has 33 heavy (non-hydrogen) atoms. The van der Waals surface area contributed by atoms with Gasteiger partial charge in [-0.1, -0.05) is 78.9 Å². The Bertz CT molecular complexity index is 1220. The molecule has 5 heteroatoms. The molecular formula is C28H26N4O. The van der Waals surface area contributed by atoms with Crippen molar-refractivity contribution in [3.05, 3.63) is 108 Å². The molecule has 0 spiro atoms. The zero-order valence-electron chi connectivity index (χ0n) is 18.3. The molecule has 0 aliphatic carbocycles. The highest BCUT2D eigenvalue weighted by Crippen LogP contribution is 2.22. The second-order valence-electron chi connectivity index (χ2n) is 7.74. The maximum Gasteiger partial charge on any atom is 0.225 e. The van der Waals surface area contributed by atoms with E-state index in [1.165, 1.54) is 5.56 Å². The van der Waals surface area contributed by atoms with Crippen LogP contribution in [0.5, 0.6) is 0 Å². The van der Waals surface area contributed by atoms with E-state index in [0.29, 0.717) is 29.3 Å². The molecule has 0 atom stereocenters. The Morgan fingerprint density at radius 1 is 0.879 bits per heavy atom. The summed E-state index contributed by atoms with van der Waals surface area (Å²) in [6.07, 6.45) is 7.55. The van der Waals surface area contributed by atoms with E-state index >= 15 is 0 Å². The van der Waals surface area contributed by atoms with Crippen molar-refractivity contribution in [3.8, 4) is 11.3 Å². The largest absolute Gasteiger partial charge is 0.399 e. The maximum absolute atomic E-state index is 12.6. The van der Waals surface area contributed by atoms with Gasteiger partial charge in [-0.05, 0) is 42.2 Å². The summed E-state index contributed by atoms with van der Waals surface area (Å²) in [7, 11) is 0. The number of anilines is 2. The number of nitrogens with two attached hydrogens (primary N) is 1. The summed E-state index contributed by atoms with van der Waals surface area (Å²) < 4.78 is 0. The van der Waals surface area contributed by atoms with Gasteiger partial charge in [0.05, 0.1) is 11.9 Å². The van der Waals surface area contributed by atoms with Crippen LogP contribution >= 0.6 is 0 Å². The van der Waals surface area contributed by atoms with Gasteiger partial charge in [0.15, 0.2) is 5.82 Å². The topological polar surface area (TPSA) is 80.9 Å². The number of hydrogen-bond donors (Lipinski definition) is 2. The van der Waals surface area contributed by atoms with Crippen LogP contribution in [-0.2, 0) is 11.2 Å². The molecule has 0 aliphatic rings. The number of rotatable bonds is 8. The average Bonchev–Trinajstić information content (AvgIpc) is 2.85. The summed E-state index contributed by atoms with van der Waals surface area (Å²) in [6.45, 7) is 0. The molecule has 1 heterocycles. The molecule has 0 radical (unpaired) electrons. The number of benzene rings is 3. The van der Waals surface area contributed by atoms with Crippen molar-refractivity contribution in [2.24, 2.45) is 0 Å². The third-order valence-electron chi connectivity index (χ3n) is 5.21. The van der Waals surface area contributed by atoms with Crippen LogP contribution in [0.25, 0.3) is 23.4 Å². The summed E-state index contributed by atoms with van der Waals surface area (Å²) in [6, 6.07) is 27.6. The molecule has 1 aromatic heterocycles. The molecule has 0 unspecified atom stereocenters. The number of nitrogens with zero attached hydrogens (tertiary/aromatic N) is 2. The van der Waals surface area contributed by atoms with E-state index in [0.717, 1.165) is 24.0 Å². The molecular weight excluding hydrogens is 408 g/mol. The molecule has 0 saturated heterocycles. The van der Waals surface area contributed by atoms with Crippen LogP contribution in [0, 0.1) is 0 Å². The number of aromatic nitrogens is 2. The fourth-order valence-corrected chi connectivity index (χ4v) is 3.44. The first-order valence-corrected chi connectivity index (χ1v) is 11.0. The fraction of sp³-hybridized carbons (Fsp3) is 0.107. The van der Waals surface area contributed by atoms with Gasteiger partial charge in [-0.25, -0.2) is 9.97 Å². The van der Waals surface area contributed by atoms with Gasteiger partial charge in [-0.15, -0.1) is 0 Å². The number of nitrogen functional groups attached to an aromatic ring is 1. The number of carbonyl (C=O) groups is 1. The number of carbonyl (C=O) groups excluding carboxylic acids is 1. The van der Waals surface area contributed by atoms with Crippen molar-refractivity contribution in [2.75, 3.05) is 11.1 Å². The van der Waals surface area contributed by atoms with E-state index in [4.69, 9.17) is 10.7 Å². The summed E-state index contributed by atoms with van der Waals surface area (Å²) >= 11 is 0. The van der Waals surface area contributed by atoms with Gasteiger partial charge in [-0.3, -0.25) is 4.79 Å². The van der Waals surface area contributed by atoms with E-state index in [9.17, 15) is 4.79 Å². The SMILES string of the molecule is Nc1ccc(-c2cnc(NC(=O)CCCc3ccccc3)c(C=Cc3ccccc3)n2)cc1. The third-order valence-corrected chi connectivity index (χ3v) is 5.21. The molecule has 0 bridgehead atoms. The molecule has 3 N–H and O–H groups in total. The van der Waals surface area contributed by atoms with Crippen molar-refractivity contribution in [1.82, 2.24) is 9.97 Å². The summed E-state index contributed by atoms with van der Waals surface area (Å²) in [5, 5.41) is 2.94. The van der Waals surface area contributed by atoms with Crippen LogP contribution in [0.1, 0.15) is 29.7 Å². The van der Waals surface area contributed by atoms with Crippen LogP contribution < -0.4 is 11.1 Å². The van der Waals surface area contributed by atoms with Gasteiger partial charge in [0, 0.05) is 17.7 Å². The quantitative estimate of drug-likeness (QED) is 0.341. The smallest absolute Gasteiger partial charge is 0.225 e. The Hall–Kier alpha value is -4.25. The normalized spacial score (nSPS) is 10.9. The van der Waals surface area contributed by atoms with Gasteiger partial charge in [-0.2, -0.15) is 0 Å². The lowest BCUT2D eigenvalue weighted by Gasteiger charge is -2.10. The van der Waals surface area contributed by atoms with E-state index < -0.39 is 0 Å². The Morgan fingerprint density at radius 2 is 1.58 bits per heavy atom. The van der Waals surface area contributed by atoms with Crippen molar-refractivity contribution < 1.29 is 4.79 Å². The lowest BCUT2D eigenvalue weighted by Crippen LogP contribution is -2.14. The number of hydrogen-bond acceptors (Lipinski definition) is 4. The lowest BCUT2D eigenvalue weighted by atomic mass is 10.1. The van der Waals surface area contributed by atoms with Gasteiger partial charge in [0.2, 0.25) is 5.91 Å². The van der Waals surface area contributed by atoms with Gasteiger partial charge >= 0.3 is 0 Å². The molecule has 0 saturated carbocycles. The van der Waals surface area contributed by atoms with Gasteiger partial charge in [0.25, 0.3) is 0 Å². The Morgan fingerprint density at radius 3 is 2.30 bits per heavy atom.